The smallest absolute Gasteiger partial charge is 0.191 e. The summed E-state index contributed by atoms with van der Waals surface area (Å²) in [5.41, 5.74) is 2.19. The van der Waals surface area contributed by atoms with Gasteiger partial charge in [0.05, 0.1) is 24.7 Å². The maximum atomic E-state index is 11.6. The first-order valence-electron chi connectivity index (χ1n) is 10.8. The summed E-state index contributed by atoms with van der Waals surface area (Å²) in [7, 11) is -2.84. The minimum absolute atomic E-state index is 0. The second kappa shape index (κ2) is 12.1. The lowest BCUT2D eigenvalue weighted by molar-refractivity contribution is 0.254. The third kappa shape index (κ3) is 7.67. The third-order valence-corrected chi connectivity index (χ3v) is 6.90. The molecule has 176 valence electrons. The van der Waals surface area contributed by atoms with E-state index in [4.69, 9.17) is 14.5 Å². The predicted octanol–water partition coefficient (Wildman–Crippen LogP) is 1.81. The summed E-state index contributed by atoms with van der Waals surface area (Å²) in [5, 5.41) is 6.61. The Bertz CT molecular complexity index is 849. The topological polar surface area (TPSA) is 92.3 Å². The van der Waals surface area contributed by atoms with E-state index >= 15 is 0 Å². The molecule has 0 spiro atoms. The van der Waals surface area contributed by atoms with E-state index in [1.54, 1.807) is 0 Å². The molecule has 1 unspecified atom stereocenters. The molecule has 2 aliphatic rings. The van der Waals surface area contributed by atoms with Crippen molar-refractivity contribution in [1.82, 2.24) is 15.5 Å². The van der Waals surface area contributed by atoms with Gasteiger partial charge in [0.25, 0.3) is 0 Å². The third-order valence-electron chi connectivity index (χ3n) is 5.29. The van der Waals surface area contributed by atoms with Gasteiger partial charge in [0.2, 0.25) is 0 Å². The zero-order valence-corrected chi connectivity index (χ0v) is 21.8. The number of benzene rings is 1. The Morgan fingerprint density at radius 3 is 2.68 bits per heavy atom. The minimum atomic E-state index is -2.84. The summed E-state index contributed by atoms with van der Waals surface area (Å²) in [4.78, 5) is 6.89. The van der Waals surface area contributed by atoms with Crippen LogP contribution in [0, 0.1) is 0 Å². The van der Waals surface area contributed by atoms with Crippen LogP contribution in [0.5, 0.6) is 11.5 Å². The van der Waals surface area contributed by atoms with Gasteiger partial charge in [0.15, 0.2) is 15.8 Å². The molecule has 3 rings (SSSR count). The zero-order chi connectivity index (χ0) is 21.6. The van der Waals surface area contributed by atoms with Crippen molar-refractivity contribution in [2.75, 3.05) is 50.8 Å². The number of aliphatic imine (C=N–C) groups is 1. The first-order valence-corrected chi connectivity index (χ1v) is 12.6. The molecule has 0 aromatic heterocycles. The molecule has 1 aromatic carbocycles. The number of hydrogen-bond acceptors (Lipinski definition) is 6. The number of halogens is 1. The Hall–Kier alpha value is -1.27. The number of rotatable bonds is 8. The van der Waals surface area contributed by atoms with Gasteiger partial charge >= 0.3 is 0 Å². The van der Waals surface area contributed by atoms with E-state index in [0.29, 0.717) is 32.8 Å². The summed E-state index contributed by atoms with van der Waals surface area (Å²) in [5.74, 6) is 3.03. The number of nitrogens with one attached hydrogen (secondary N) is 2. The molecule has 31 heavy (non-hydrogen) atoms. The maximum Gasteiger partial charge on any atom is 0.191 e. The molecule has 8 nitrogen and oxygen atoms in total. The van der Waals surface area contributed by atoms with Crippen LogP contribution in [-0.2, 0) is 22.8 Å². The summed E-state index contributed by atoms with van der Waals surface area (Å²) in [6.45, 7) is 10.6. The molecular formula is C21H35IN4O4S. The number of guanidine groups is 1. The highest BCUT2D eigenvalue weighted by Gasteiger charge is 2.22. The van der Waals surface area contributed by atoms with Gasteiger partial charge in [-0.25, -0.2) is 13.4 Å². The van der Waals surface area contributed by atoms with Gasteiger partial charge in [-0.05, 0) is 32.9 Å². The van der Waals surface area contributed by atoms with Crippen molar-refractivity contribution in [2.45, 2.75) is 39.8 Å². The van der Waals surface area contributed by atoms with Crippen molar-refractivity contribution in [1.29, 1.82) is 0 Å². The Balaban J connectivity index is 0.00000341. The number of sulfone groups is 1. The second-order valence-electron chi connectivity index (χ2n) is 7.75. The lowest BCUT2D eigenvalue weighted by Gasteiger charge is -2.26. The molecule has 1 fully saturated rings. The lowest BCUT2D eigenvalue weighted by Crippen LogP contribution is -2.45. The first-order chi connectivity index (χ1) is 14.4. The molecule has 1 atom stereocenters. The van der Waals surface area contributed by atoms with Crippen LogP contribution < -0.4 is 20.1 Å². The Morgan fingerprint density at radius 1 is 1.26 bits per heavy atom. The summed E-state index contributed by atoms with van der Waals surface area (Å²) < 4.78 is 34.9. The number of ether oxygens (including phenoxy) is 2. The van der Waals surface area contributed by atoms with E-state index < -0.39 is 9.84 Å². The largest absolute Gasteiger partial charge is 0.494 e. The fourth-order valence-corrected chi connectivity index (χ4v) is 4.98. The van der Waals surface area contributed by atoms with Gasteiger partial charge in [0.1, 0.15) is 17.6 Å². The van der Waals surface area contributed by atoms with Crippen LogP contribution in [0.1, 0.15) is 31.9 Å². The molecule has 2 aliphatic heterocycles. The standard InChI is InChI=1S/C21H34N4O4S.HI/c1-4-22-21(23-6-7-25-8-10-30(26,27)11-9-25)24-15-18-14-20-17(12-16(3)29-20)13-19(18)28-5-2;/h13-14,16H,4-12,15H2,1-3H3,(H2,22,23,24);1H. The van der Waals surface area contributed by atoms with Crippen LogP contribution in [0.15, 0.2) is 17.1 Å². The van der Waals surface area contributed by atoms with Crippen LogP contribution >= 0.6 is 24.0 Å². The fraction of sp³-hybridized carbons (Fsp3) is 0.667. The van der Waals surface area contributed by atoms with Crippen molar-refractivity contribution in [3.05, 3.63) is 23.3 Å². The summed E-state index contributed by atoms with van der Waals surface area (Å²) in [6.07, 6.45) is 1.10. The van der Waals surface area contributed by atoms with Crippen LogP contribution in [0.25, 0.3) is 0 Å². The van der Waals surface area contributed by atoms with E-state index in [-0.39, 0.29) is 41.6 Å². The number of fused-ring (bicyclic) bond motifs is 1. The molecule has 10 heteroatoms. The van der Waals surface area contributed by atoms with Gasteiger partial charge in [-0.15, -0.1) is 24.0 Å². The molecule has 0 radical (unpaired) electrons. The molecule has 2 heterocycles. The molecule has 0 aliphatic carbocycles. The average molecular weight is 567 g/mol. The van der Waals surface area contributed by atoms with Crippen molar-refractivity contribution < 1.29 is 17.9 Å². The van der Waals surface area contributed by atoms with Crippen molar-refractivity contribution in [2.24, 2.45) is 4.99 Å². The van der Waals surface area contributed by atoms with Gasteiger partial charge in [0, 0.05) is 50.3 Å². The molecule has 0 bridgehead atoms. The normalized spacial score (nSPS) is 20.4. The molecule has 2 N–H and O–H groups in total. The van der Waals surface area contributed by atoms with Gasteiger partial charge in [-0.2, -0.15) is 0 Å². The van der Waals surface area contributed by atoms with E-state index in [0.717, 1.165) is 42.5 Å². The van der Waals surface area contributed by atoms with E-state index in [1.165, 1.54) is 5.56 Å². The van der Waals surface area contributed by atoms with Gasteiger partial charge in [-0.1, -0.05) is 0 Å². The molecule has 0 saturated carbocycles. The average Bonchev–Trinajstić information content (AvgIpc) is 3.06. The minimum Gasteiger partial charge on any atom is -0.494 e. The van der Waals surface area contributed by atoms with Crippen LogP contribution in [0.3, 0.4) is 0 Å². The van der Waals surface area contributed by atoms with Crippen LogP contribution in [0.2, 0.25) is 0 Å². The Kier molecular flexibility index (Phi) is 10.1. The van der Waals surface area contributed by atoms with Crippen molar-refractivity contribution in [3.8, 4) is 11.5 Å². The lowest BCUT2D eigenvalue weighted by atomic mass is 10.1. The molecule has 1 saturated heterocycles. The maximum absolute atomic E-state index is 11.6. The molecule has 1 aromatic rings. The van der Waals surface area contributed by atoms with Crippen molar-refractivity contribution >= 4 is 39.8 Å². The second-order valence-corrected chi connectivity index (χ2v) is 10.1. The number of nitrogens with zero attached hydrogens (tertiary/aromatic N) is 2. The van der Waals surface area contributed by atoms with E-state index in [1.807, 2.05) is 19.9 Å². The quantitative estimate of drug-likeness (QED) is 0.282. The van der Waals surface area contributed by atoms with Gasteiger partial charge in [-0.3, -0.25) is 4.90 Å². The molecular weight excluding hydrogens is 531 g/mol. The van der Waals surface area contributed by atoms with Crippen molar-refractivity contribution in [3.63, 3.8) is 0 Å². The predicted molar refractivity (Wildman–Crippen MR) is 135 cm³/mol. The summed E-state index contributed by atoms with van der Waals surface area (Å²) in [6, 6.07) is 4.13. The van der Waals surface area contributed by atoms with E-state index in [2.05, 4.69) is 28.5 Å². The SMILES string of the molecule is CCNC(=NCc1cc2c(cc1OCC)CC(C)O2)NCCN1CCS(=O)(=O)CC1.I. The monoisotopic (exact) mass is 566 g/mol. The van der Waals surface area contributed by atoms with Gasteiger partial charge < -0.3 is 20.1 Å². The number of hydrogen-bond donors (Lipinski definition) is 2. The highest BCUT2D eigenvalue weighted by molar-refractivity contribution is 14.0. The fourth-order valence-electron chi connectivity index (χ4n) is 3.71. The first kappa shape index (κ1) is 26.0. The Labute approximate surface area is 203 Å². The van der Waals surface area contributed by atoms with E-state index in [9.17, 15) is 8.42 Å². The molecule has 0 amide bonds. The summed E-state index contributed by atoms with van der Waals surface area (Å²) >= 11 is 0. The highest BCUT2D eigenvalue weighted by Crippen LogP contribution is 2.35. The zero-order valence-electron chi connectivity index (χ0n) is 18.6. The van der Waals surface area contributed by atoms with Crippen LogP contribution in [0.4, 0.5) is 0 Å². The van der Waals surface area contributed by atoms with Crippen LogP contribution in [-0.4, -0.2) is 76.2 Å². The Morgan fingerprint density at radius 2 is 2.00 bits per heavy atom. The highest BCUT2D eigenvalue weighted by atomic mass is 127.